The maximum absolute atomic E-state index is 14.1. The van der Waals surface area contributed by atoms with Gasteiger partial charge in [-0.1, -0.05) is 49.6 Å². The second-order valence-electron chi connectivity index (χ2n) is 5.75. The van der Waals surface area contributed by atoms with Crippen molar-refractivity contribution in [2.24, 2.45) is 0 Å². The van der Waals surface area contributed by atoms with Crippen LogP contribution >= 0.6 is 7.60 Å². The lowest BCUT2D eigenvalue weighted by atomic mass is 10.1. The van der Waals surface area contributed by atoms with Gasteiger partial charge in [0.15, 0.2) is 0 Å². The van der Waals surface area contributed by atoms with Gasteiger partial charge < -0.3 is 9.05 Å². The van der Waals surface area contributed by atoms with Crippen LogP contribution in [0.1, 0.15) is 57.9 Å². The number of unbranched alkanes of at least 4 members (excludes halogenated alkanes) is 4. The number of hydrogen-bond donors (Lipinski definition) is 0. The van der Waals surface area contributed by atoms with E-state index in [2.05, 4.69) is 12.1 Å². The smallest absolute Gasteiger partial charge is 0.305 e. The van der Waals surface area contributed by atoms with Crippen LogP contribution in [0.15, 0.2) is 30.3 Å². The average molecular weight is 362 g/mol. The maximum Gasteiger partial charge on any atom is 0.399 e. The number of aryl methyl sites for hydroxylation is 1. The zero-order valence-corrected chi connectivity index (χ0v) is 15.6. The van der Waals surface area contributed by atoms with Crippen molar-refractivity contribution < 1.29 is 22.4 Å². The number of halogens is 2. The van der Waals surface area contributed by atoms with Crippen molar-refractivity contribution in [2.75, 3.05) is 13.2 Å². The van der Waals surface area contributed by atoms with Gasteiger partial charge in [-0.05, 0) is 38.7 Å². The van der Waals surface area contributed by atoms with Gasteiger partial charge in [-0.2, -0.15) is 8.78 Å². The van der Waals surface area contributed by atoms with Crippen LogP contribution in [-0.2, 0) is 20.0 Å². The fraction of sp³-hybridized carbons (Fsp3) is 0.667. The standard InChI is InChI=1S/C18H29F2O3P/c1-3-22-24(21,23-4-2)18(19,20)16-12-7-5-6-9-13-17-14-10-8-11-15-17/h8,10-11,14-15H,3-7,9,12-13,16H2,1-2H3. The van der Waals surface area contributed by atoms with Crippen LogP contribution in [0.25, 0.3) is 0 Å². The summed E-state index contributed by atoms with van der Waals surface area (Å²) in [6, 6.07) is 10.2. The highest BCUT2D eigenvalue weighted by Crippen LogP contribution is 2.63. The molecule has 1 aromatic carbocycles. The summed E-state index contributed by atoms with van der Waals surface area (Å²) >= 11 is 0. The normalized spacial score (nSPS) is 12.5. The Morgan fingerprint density at radius 1 is 0.917 bits per heavy atom. The summed E-state index contributed by atoms with van der Waals surface area (Å²) in [5, 5.41) is 0. The molecule has 0 saturated carbocycles. The molecule has 0 aliphatic carbocycles. The monoisotopic (exact) mass is 362 g/mol. The minimum Gasteiger partial charge on any atom is -0.305 e. The molecule has 0 atom stereocenters. The van der Waals surface area contributed by atoms with Crippen molar-refractivity contribution in [3.63, 3.8) is 0 Å². The van der Waals surface area contributed by atoms with Gasteiger partial charge in [0.25, 0.3) is 0 Å². The first-order valence-electron chi connectivity index (χ1n) is 8.76. The lowest BCUT2D eigenvalue weighted by Gasteiger charge is -2.25. The molecule has 0 radical (unpaired) electrons. The van der Waals surface area contributed by atoms with E-state index in [0.29, 0.717) is 12.8 Å². The van der Waals surface area contributed by atoms with Gasteiger partial charge in [-0.25, -0.2) is 0 Å². The van der Waals surface area contributed by atoms with E-state index >= 15 is 0 Å². The Hall–Kier alpha value is -0.770. The fourth-order valence-electron chi connectivity index (χ4n) is 2.54. The molecule has 0 fully saturated rings. The summed E-state index contributed by atoms with van der Waals surface area (Å²) in [6.07, 6.45) is 4.54. The molecular weight excluding hydrogens is 333 g/mol. The van der Waals surface area contributed by atoms with E-state index in [9.17, 15) is 13.3 Å². The topological polar surface area (TPSA) is 35.5 Å². The molecule has 24 heavy (non-hydrogen) atoms. The molecule has 3 nitrogen and oxygen atoms in total. The molecule has 0 N–H and O–H groups in total. The van der Waals surface area contributed by atoms with Crippen molar-refractivity contribution in [1.82, 2.24) is 0 Å². The zero-order valence-electron chi connectivity index (χ0n) is 14.7. The Kier molecular flexibility index (Phi) is 9.72. The van der Waals surface area contributed by atoms with Crippen molar-refractivity contribution in [3.8, 4) is 0 Å². The van der Waals surface area contributed by atoms with Crippen molar-refractivity contribution >= 4 is 7.60 Å². The van der Waals surface area contributed by atoms with Crippen LogP contribution in [0.5, 0.6) is 0 Å². The Morgan fingerprint density at radius 3 is 2.04 bits per heavy atom. The molecular formula is C18H29F2O3P. The largest absolute Gasteiger partial charge is 0.399 e. The number of hydrogen-bond acceptors (Lipinski definition) is 3. The van der Waals surface area contributed by atoms with Crippen LogP contribution < -0.4 is 0 Å². The summed E-state index contributed by atoms with van der Waals surface area (Å²) in [6.45, 7) is 2.97. The third-order valence-electron chi connectivity index (χ3n) is 3.78. The summed E-state index contributed by atoms with van der Waals surface area (Å²) in [5.74, 6) is 0. The maximum atomic E-state index is 14.1. The molecule has 1 rings (SSSR count). The molecule has 1 aromatic rings. The van der Waals surface area contributed by atoms with Crippen molar-refractivity contribution in [3.05, 3.63) is 35.9 Å². The first kappa shape index (κ1) is 21.3. The summed E-state index contributed by atoms with van der Waals surface area (Å²) in [5.41, 5.74) is -2.11. The zero-order chi connectivity index (χ0) is 17.9. The van der Waals surface area contributed by atoms with Gasteiger partial charge in [-0.3, -0.25) is 4.57 Å². The third-order valence-corrected chi connectivity index (χ3v) is 6.01. The first-order valence-corrected chi connectivity index (χ1v) is 10.3. The van der Waals surface area contributed by atoms with E-state index in [1.807, 2.05) is 18.2 Å². The molecule has 0 aliphatic heterocycles. The van der Waals surface area contributed by atoms with Crippen LogP contribution in [0.4, 0.5) is 8.78 Å². The quantitative estimate of drug-likeness (QED) is 0.300. The van der Waals surface area contributed by atoms with E-state index in [0.717, 1.165) is 25.7 Å². The molecule has 138 valence electrons. The minimum atomic E-state index is -4.36. The highest BCUT2D eigenvalue weighted by atomic mass is 31.2. The van der Waals surface area contributed by atoms with Gasteiger partial charge in [-0.15, -0.1) is 0 Å². The highest BCUT2D eigenvalue weighted by Gasteiger charge is 2.52. The number of rotatable bonds is 13. The predicted octanol–water partition coefficient (Wildman–Crippen LogP) is 6.43. The Morgan fingerprint density at radius 2 is 1.46 bits per heavy atom. The number of benzene rings is 1. The summed E-state index contributed by atoms with van der Waals surface area (Å²) < 4.78 is 49.9. The van der Waals surface area contributed by atoms with Gasteiger partial charge in [0, 0.05) is 6.42 Å². The summed E-state index contributed by atoms with van der Waals surface area (Å²) in [4.78, 5) is 0. The molecule has 0 saturated heterocycles. The van der Waals surface area contributed by atoms with Gasteiger partial charge in [0.2, 0.25) is 0 Å². The molecule has 0 aliphatic rings. The van der Waals surface area contributed by atoms with E-state index in [1.54, 1.807) is 0 Å². The highest BCUT2D eigenvalue weighted by molar-refractivity contribution is 7.55. The van der Waals surface area contributed by atoms with E-state index < -0.39 is 19.7 Å². The second kappa shape index (κ2) is 11.0. The van der Waals surface area contributed by atoms with Gasteiger partial charge in [0.1, 0.15) is 0 Å². The molecule has 0 aromatic heterocycles. The molecule has 6 heteroatoms. The molecule has 0 spiro atoms. The predicted molar refractivity (Wildman–Crippen MR) is 93.7 cm³/mol. The van der Waals surface area contributed by atoms with Crippen LogP contribution in [-0.4, -0.2) is 18.9 Å². The molecule has 0 amide bonds. The number of alkyl halides is 2. The minimum absolute atomic E-state index is 0.0493. The Balaban J connectivity index is 2.24. The lowest BCUT2D eigenvalue weighted by Crippen LogP contribution is -2.20. The van der Waals surface area contributed by atoms with Crippen molar-refractivity contribution in [2.45, 2.75) is 64.5 Å². The van der Waals surface area contributed by atoms with Crippen LogP contribution in [0.3, 0.4) is 0 Å². The van der Waals surface area contributed by atoms with Gasteiger partial charge >= 0.3 is 13.3 Å². The average Bonchev–Trinajstić information content (AvgIpc) is 2.55. The molecule has 0 heterocycles. The van der Waals surface area contributed by atoms with Crippen LogP contribution in [0, 0.1) is 0 Å². The van der Waals surface area contributed by atoms with Crippen LogP contribution in [0.2, 0.25) is 0 Å². The van der Waals surface area contributed by atoms with Gasteiger partial charge in [0.05, 0.1) is 13.2 Å². The SMILES string of the molecule is CCOP(=O)(OCC)C(F)(F)CCCCCCCc1ccccc1. The Labute approximate surface area is 144 Å². The van der Waals surface area contributed by atoms with Crippen molar-refractivity contribution in [1.29, 1.82) is 0 Å². The third kappa shape index (κ3) is 7.00. The summed E-state index contributed by atoms with van der Waals surface area (Å²) in [7, 11) is -4.36. The molecule has 0 bridgehead atoms. The fourth-order valence-corrected chi connectivity index (χ4v) is 4.11. The Bertz CT molecular complexity index is 484. The lowest BCUT2D eigenvalue weighted by molar-refractivity contribution is 0.0294. The molecule has 0 unspecified atom stereocenters. The van der Waals surface area contributed by atoms with E-state index in [-0.39, 0.29) is 13.2 Å². The second-order valence-corrected chi connectivity index (χ2v) is 7.92. The first-order chi connectivity index (χ1) is 11.4. The van der Waals surface area contributed by atoms with E-state index in [4.69, 9.17) is 9.05 Å². The van der Waals surface area contributed by atoms with E-state index in [1.165, 1.54) is 19.4 Å².